The summed E-state index contributed by atoms with van der Waals surface area (Å²) in [4.78, 5) is 35.4. The van der Waals surface area contributed by atoms with Crippen molar-refractivity contribution < 1.29 is 51.4 Å². The number of benzene rings is 1. The Kier molecular flexibility index (Phi) is 10.6. The molecule has 1 amide bonds. The smallest absolute Gasteiger partial charge is 0.408 e. The van der Waals surface area contributed by atoms with E-state index < -0.39 is 52.1 Å². The predicted molar refractivity (Wildman–Crippen MR) is 135 cm³/mol. The third kappa shape index (κ3) is 10.4. The fourth-order valence-electron chi connectivity index (χ4n) is 3.29. The van der Waals surface area contributed by atoms with Gasteiger partial charge in [0.2, 0.25) is 6.20 Å². The molecule has 2 atom stereocenters. The molecule has 0 spiro atoms. The Labute approximate surface area is 226 Å². The quantitative estimate of drug-likeness (QED) is 0.139. The molecule has 0 unspecified atom stereocenters. The van der Waals surface area contributed by atoms with Crippen LogP contribution in [-0.2, 0) is 35.0 Å². The lowest BCUT2D eigenvalue weighted by Crippen LogP contribution is -2.45. The van der Waals surface area contributed by atoms with E-state index in [1.165, 1.54) is 24.3 Å². The van der Waals surface area contributed by atoms with Crippen LogP contribution in [-0.4, -0.2) is 61.5 Å². The van der Waals surface area contributed by atoms with Crippen LogP contribution in [0.5, 0.6) is 5.75 Å². The first-order chi connectivity index (χ1) is 18.1. The van der Waals surface area contributed by atoms with E-state index in [2.05, 4.69) is 5.32 Å². The Hall–Kier alpha value is -3.91. The van der Waals surface area contributed by atoms with Crippen LogP contribution >= 0.6 is 0 Å². The summed E-state index contributed by atoms with van der Waals surface area (Å²) in [7, 11) is -3.98. The summed E-state index contributed by atoms with van der Waals surface area (Å²) in [6, 6.07) is 7.22. The van der Waals surface area contributed by atoms with Gasteiger partial charge in [-0.25, -0.2) is 9.59 Å². The van der Waals surface area contributed by atoms with E-state index in [0.717, 1.165) is 11.8 Å². The lowest BCUT2D eigenvalue weighted by molar-refractivity contribution is -0.614. The number of aromatic nitrogens is 1. The molecule has 0 saturated heterocycles. The molecule has 14 heteroatoms. The van der Waals surface area contributed by atoms with Gasteiger partial charge in [0.05, 0.1) is 10.8 Å². The Bertz CT molecular complexity index is 1270. The van der Waals surface area contributed by atoms with E-state index in [1.807, 2.05) is 6.92 Å². The maximum absolute atomic E-state index is 12.5. The maximum atomic E-state index is 12.5. The van der Waals surface area contributed by atoms with Gasteiger partial charge in [0.1, 0.15) is 24.9 Å². The molecule has 0 radical (unpaired) electrons. The van der Waals surface area contributed by atoms with E-state index >= 15 is 0 Å². The average molecular weight is 569 g/mol. The number of carboxylic acid groups (broad SMARTS) is 2. The van der Waals surface area contributed by atoms with Gasteiger partial charge in [0.25, 0.3) is 10.1 Å². The molecule has 2 aromatic rings. The van der Waals surface area contributed by atoms with Gasteiger partial charge in [0, 0.05) is 12.5 Å². The largest absolute Gasteiger partial charge is 0.618 e. The number of ether oxygens (including phenoxy) is 2. The van der Waals surface area contributed by atoms with Crippen molar-refractivity contribution in [2.45, 2.75) is 57.1 Å². The summed E-state index contributed by atoms with van der Waals surface area (Å²) >= 11 is 0. The van der Waals surface area contributed by atoms with Crippen molar-refractivity contribution in [3.63, 3.8) is 0 Å². The first-order valence-corrected chi connectivity index (χ1v) is 13.2. The molecule has 0 aliphatic carbocycles. The number of carbonyl (C=O) groups is 3. The summed E-state index contributed by atoms with van der Waals surface area (Å²) in [6.45, 7) is 6.06. The third-order valence-corrected chi connectivity index (χ3v) is 6.51. The van der Waals surface area contributed by atoms with Crippen molar-refractivity contribution in [2.75, 3.05) is 13.2 Å². The van der Waals surface area contributed by atoms with Crippen LogP contribution in [0.25, 0.3) is 0 Å². The van der Waals surface area contributed by atoms with Crippen LogP contribution < -0.4 is 14.8 Å². The molecule has 1 aromatic heterocycles. The third-order valence-electron chi connectivity index (χ3n) is 5.18. The van der Waals surface area contributed by atoms with E-state index in [1.54, 1.807) is 32.9 Å². The Morgan fingerprint density at radius 3 is 2.21 bits per heavy atom. The fourth-order valence-corrected chi connectivity index (χ4v) is 4.19. The zero-order valence-electron chi connectivity index (χ0n) is 21.9. The highest BCUT2D eigenvalue weighted by molar-refractivity contribution is 7.86. The molecule has 0 aliphatic rings. The minimum atomic E-state index is -3.98. The second-order valence-electron chi connectivity index (χ2n) is 9.63. The average Bonchev–Trinajstić information content (AvgIpc) is 2.81. The summed E-state index contributed by atoms with van der Waals surface area (Å²) in [5.41, 5.74) is 0.00786. The summed E-state index contributed by atoms with van der Waals surface area (Å²) in [5.74, 6) is -4.07. The number of carboxylic acids is 2. The summed E-state index contributed by atoms with van der Waals surface area (Å²) < 4.78 is 40.1. The number of aryl methyl sites for hydroxylation is 1. The van der Waals surface area contributed by atoms with Crippen LogP contribution in [0.1, 0.15) is 38.4 Å². The van der Waals surface area contributed by atoms with Gasteiger partial charge in [0.15, 0.2) is 11.4 Å². The second-order valence-corrected chi connectivity index (χ2v) is 11.2. The minimum Gasteiger partial charge on any atom is -0.618 e. The molecule has 2 rings (SSSR count). The molecular weight excluding hydrogens is 536 g/mol. The van der Waals surface area contributed by atoms with E-state index in [0.29, 0.717) is 4.73 Å². The SMILES string of the molecule is Cc1ccc(S(=O)(=O)OCCOc2ccc(C[C@@H](C[C@H](NC(=O)OC(C)(C)C)C(=O)O)C(=O)O)[n+]([O-])c2)cc1. The predicted octanol–water partition coefficient (Wildman–Crippen LogP) is 2.02. The zero-order valence-corrected chi connectivity index (χ0v) is 22.8. The molecule has 13 nitrogen and oxygen atoms in total. The van der Waals surface area contributed by atoms with Gasteiger partial charge in [-0.05, 0) is 52.3 Å². The molecule has 1 aromatic carbocycles. The number of hydrogen-bond donors (Lipinski definition) is 3. The number of alkyl carbamates (subject to hydrolysis) is 1. The Morgan fingerprint density at radius 2 is 1.67 bits per heavy atom. The van der Waals surface area contributed by atoms with Gasteiger partial charge in [-0.2, -0.15) is 13.1 Å². The first-order valence-electron chi connectivity index (χ1n) is 11.8. The summed E-state index contributed by atoms with van der Waals surface area (Å²) in [5, 5.41) is 33.6. The number of pyridine rings is 1. The van der Waals surface area contributed by atoms with Crippen molar-refractivity contribution in [1.29, 1.82) is 0 Å². The maximum Gasteiger partial charge on any atom is 0.408 e. The van der Waals surface area contributed by atoms with E-state index in [-0.39, 0.29) is 36.0 Å². The molecule has 0 fully saturated rings. The normalized spacial score (nSPS) is 13.2. The van der Waals surface area contributed by atoms with Gasteiger partial charge >= 0.3 is 18.0 Å². The first kappa shape index (κ1) is 31.3. The number of nitrogens with one attached hydrogen (secondary N) is 1. The van der Waals surface area contributed by atoms with Gasteiger partial charge in [-0.15, -0.1) is 0 Å². The topological polar surface area (TPSA) is 192 Å². The Balaban J connectivity index is 1.97. The lowest BCUT2D eigenvalue weighted by Gasteiger charge is -2.23. The van der Waals surface area contributed by atoms with Gasteiger partial charge in [-0.1, -0.05) is 17.7 Å². The highest BCUT2D eigenvalue weighted by Crippen LogP contribution is 2.17. The zero-order chi connectivity index (χ0) is 29.4. The standard InChI is InChI=1S/C25H32N2O11S/c1-16-5-9-20(10-6-16)39(34,35)37-12-11-36-19-8-7-18(27(33)15-19)13-17(22(28)29)14-21(23(30)31)26-24(32)38-25(2,3)4/h5-10,15,17,21H,11-14H2,1-4H3,(H,26,32)(H,28,29)(H,30,31)/t17-,21-/m0/s1. The number of hydrogen-bond acceptors (Lipinski definition) is 9. The van der Waals surface area contributed by atoms with Crippen LogP contribution in [0.4, 0.5) is 4.79 Å². The molecule has 214 valence electrons. The lowest BCUT2D eigenvalue weighted by atomic mass is 9.94. The van der Waals surface area contributed by atoms with Crippen molar-refractivity contribution in [3.05, 3.63) is 59.1 Å². The number of amides is 1. The number of nitrogens with zero attached hydrogens (tertiary/aromatic N) is 1. The van der Waals surface area contributed by atoms with Crippen molar-refractivity contribution in [2.24, 2.45) is 5.92 Å². The van der Waals surface area contributed by atoms with Gasteiger partial charge in [-0.3, -0.25) is 8.98 Å². The van der Waals surface area contributed by atoms with Crippen LogP contribution in [0.2, 0.25) is 0 Å². The molecular formula is C25H32N2O11S. The van der Waals surface area contributed by atoms with E-state index in [4.69, 9.17) is 13.7 Å². The Morgan fingerprint density at radius 1 is 1.03 bits per heavy atom. The minimum absolute atomic E-state index is 0.00531. The van der Waals surface area contributed by atoms with E-state index in [9.17, 15) is 38.2 Å². The summed E-state index contributed by atoms with van der Waals surface area (Å²) in [6.07, 6.45) is -0.836. The highest BCUT2D eigenvalue weighted by Gasteiger charge is 2.31. The van der Waals surface area contributed by atoms with Crippen molar-refractivity contribution in [1.82, 2.24) is 5.32 Å². The van der Waals surface area contributed by atoms with Crippen molar-refractivity contribution >= 4 is 28.1 Å². The van der Waals surface area contributed by atoms with Crippen LogP contribution in [0.3, 0.4) is 0 Å². The van der Waals surface area contributed by atoms with Gasteiger partial charge < -0.3 is 30.2 Å². The van der Waals surface area contributed by atoms with Crippen LogP contribution in [0, 0.1) is 18.0 Å². The second kappa shape index (κ2) is 13.2. The fraction of sp³-hybridized carbons (Fsp3) is 0.440. The molecule has 0 aliphatic heterocycles. The number of aliphatic carboxylic acids is 2. The monoisotopic (exact) mass is 568 g/mol. The molecule has 1 heterocycles. The molecule has 0 saturated carbocycles. The van der Waals surface area contributed by atoms with Crippen LogP contribution in [0.15, 0.2) is 47.5 Å². The number of carbonyl (C=O) groups excluding carboxylic acids is 1. The number of rotatable bonds is 13. The molecule has 3 N–H and O–H groups in total. The molecule has 0 bridgehead atoms. The highest BCUT2D eigenvalue weighted by atomic mass is 32.2. The van der Waals surface area contributed by atoms with Crippen molar-refractivity contribution in [3.8, 4) is 5.75 Å². The molecule has 39 heavy (non-hydrogen) atoms.